The molecule has 0 saturated carbocycles. The minimum atomic E-state index is 0.733. The van der Waals surface area contributed by atoms with Crippen LogP contribution in [0.1, 0.15) is 11.1 Å². The molecule has 0 aliphatic carbocycles. The molecule has 3 nitrogen and oxygen atoms in total. The van der Waals surface area contributed by atoms with E-state index in [4.69, 9.17) is 11.6 Å². The van der Waals surface area contributed by atoms with Gasteiger partial charge >= 0.3 is 0 Å². The SMILES string of the molecule is Cc1ccc(Cl)c(NCc2cnn(C)c2)c1. The van der Waals surface area contributed by atoms with Gasteiger partial charge in [-0.25, -0.2) is 0 Å². The van der Waals surface area contributed by atoms with Crippen molar-refractivity contribution in [2.24, 2.45) is 7.05 Å². The molecule has 0 radical (unpaired) electrons. The zero-order valence-corrected chi connectivity index (χ0v) is 10.1. The average Bonchev–Trinajstić information content (AvgIpc) is 2.66. The van der Waals surface area contributed by atoms with E-state index in [0.717, 1.165) is 22.8 Å². The van der Waals surface area contributed by atoms with E-state index in [9.17, 15) is 0 Å². The van der Waals surface area contributed by atoms with E-state index in [2.05, 4.69) is 10.4 Å². The number of rotatable bonds is 3. The molecule has 0 aliphatic heterocycles. The maximum atomic E-state index is 6.08. The van der Waals surface area contributed by atoms with Crippen molar-refractivity contribution in [1.29, 1.82) is 0 Å². The van der Waals surface area contributed by atoms with Crippen molar-refractivity contribution in [2.75, 3.05) is 5.32 Å². The molecule has 0 spiro atoms. The Hall–Kier alpha value is -1.48. The molecule has 1 aromatic carbocycles. The maximum Gasteiger partial charge on any atom is 0.0637 e. The number of aryl methyl sites for hydroxylation is 2. The summed E-state index contributed by atoms with van der Waals surface area (Å²) in [5, 5.41) is 8.16. The first-order valence-electron chi connectivity index (χ1n) is 5.13. The van der Waals surface area contributed by atoms with Gasteiger partial charge in [-0.05, 0) is 24.6 Å². The largest absolute Gasteiger partial charge is 0.380 e. The van der Waals surface area contributed by atoms with Gasteiger partial charge in [0.15, 0.2) is 0 Å². The molecule has 2 aromatic rings. The summed E-state index contributed by atoms with van der Waals surface area (Å²) in [6, 6.07) is 5.94. The van der Waals surface area contributed by atoms with Crippen LogP contribution in [-0.2, 0) is 13.6 Å². The lowest BCUT2D eigenvalue weighted by Gasteiger charge is -2.07. The Kier molecular flexibility index (Phi) is 3.15. The number of halogens is 1. The third kappa shape index (κ3) is 2.55. The van der Waals surface area contributed by atoms with Gasteiger partial charge in [-0.3, -0.25) is 4.68 Å². The standard InChI is InChI=1S/C12H14ClN3/c1-9-3-4-11(13)12(5-9)14-6-10-7-15-16(2)8-10/h3-5,7-8,14H,6H2,1-2H3. The summed E-state index contributed by atoms with van der Waals surface area (Å²) in [6.07, 6.45) is 3.83. The van der Waals surface area contributed by atoms with E-state index in [1.54, 1.807) is 4.68 Å². The number of aromatic nitrogens is 2. The second-order valence-electron chi connectivity index (χ2n) is 3.86. The molecule has 1 N–H and O–H groups in total. The Morgan fingerprint density at radius 2 is 2.25 bits per heavy atom. The van der Waals surface area contributed by atoms with Crippen molar-refractivity contribution in [3.8, 4) is 0 Å². The fraction of sp³-hybridized carbons (Fsp3) is 0.250. The van der Waals surface area contributed by atoms with Gasteiger partial charge in [-0.2, -0.15) is 5.10 Å². The molecule has 2 rings (SSSR count). The summed E-state index contributed by atoms with van der Waals surface area (Å²) in [5.74, 6) is 0. The first kappa shape index (κ1) is 11.0. The molecule has 0 fully saturated rings. The minimum absolute atomic E-state index is 0.733. The number of hydrogen-bond acceptors (Lipinski definition) is 2. The molecule has 0 bridgehead atoms. The Labute approximate surface area is 100 Å². The predicted molar refractivity (Wildman–Crippen MR) is 66.7 cm³/mol. The maximum absolute atomic E-state index is 6.08. The van der Waals surface area contributed by atoms with Crippen LogP contribution in [-0.4, -0.2) is 9.78 Å². The van der Waals surface area contributed by atoms with E-state index in [1.807, 2.05) is 44.6 Å². The van der Waals surface area contributed by atoms with Gasteiger partial charge in [0.05, 0.1) is 16.9 Å². The van der Waals surface area contributed by atoms with Crippen LogP contribution in [0.15, 0.2) is 30.6 Å². The van der Waals surface area contributed by atoms with Crippen molar-refractivity contribution in [2.45, 2.75) is 13.5 Å². The highest BCUT2D eigenvalue weighted by Crippen LogP contribution is 2.23. The van der Waals surface area contributed by atoms with E-state index < -0.39 is 0 Å². The summed E-state index contributed by atoms with van der Waals surface area (Å²) < 4.78 is 1.79. The molecule has 16 heavy (non-hydrogen) atoms. The monoisotopic (exact) mass is 235 g/mol. The van der Waals surface area contributed by atoms with Gasteiger partial charge in [0.1, 0.15) is 0 Å². The Balaban J connectivity index is 2.07. The number of hydrogen-bond donors (Lipinski definition) is 1. The Morgan fingerprint density at radius 3 is 2.94 bits per heavy atom. The molecule has 0 saturated heterocycles. The lowest BCUT2D eigenvalue weighted by molar-refractivity contribution is 0.767. The molecule has 0 atom stereocenters. The highest BCUT2D eigenvalue weighted by atomic mass is 35.5. The van der Waals surface area contributed by atoms with Crippen molar-refractivity contribution in [1.82, 2.24) is 9.78 Å². The molecule has 1 aromatic heterocycles. The van der Waals surface area contributed by atoms with Gasteiger partial charge in [-0.15, -0.1) is 0 Å². The first-order valence-corrected chi connectivity index (χ1v) is 5.50. The minimum Gasteiger partial charge on any atom is -0.380 e. The number of anilines is 1. The lowest BCUT2D eigenvalue weighted by Crippen LogP contribution is -1.99. The number of benzene rings is 1. The summed E-state index contributed by atoms with van der Waals surface area (Å²) in [6.45, 7) is 2.78. The fourth-order valence-electron chi connectivity index (χ4n) is 1.54. The highest BCUT2D eigenvalue weighted by Gasteiger charge is 2.01. The molecular weight excluding hydrogens is 222 g/mol. The van der Waals surface area contributed by atoms with Crippen LogP contribution in [0, 0.1) is 6.92 Å². The van der Waals surface area contributed by atoms with Crippen LogP contribution >= 0.6 is 11.6 Å². The third-order valence-electron chi connectivity index (χ3n) is 2.36. The van der Waals surface area contributed by atoms with Gasteiger partial charge in [-0.1, -0.05) is 17.7 Å². The van der Waals surface area contributed by atoms with E-state index in [1.165, 1.54) is 5.56 Å². The van der Waals surface area contributed by atoms with Crippen molar-refractivity contribution >= 4 is 17.3 Å². The predicted octanol–water partition coefficient (Wildman–Crippen LogP) is 2.99. The smallest absolute Gasteiger partial charge is 0.0637 e. The van der Waals surface area contributed by atoms with Crippen molar-refractivity contribution in [3.63, 3.8) is 0 Å². The topological polar surface area (TPSA) is 29.9 Å². The first-order chi connectivity index (χ1) is 7.65. The van der Waals surface area contributed by atoms with Crippen LogP contribution < -0.4 is 5.32 Å². The average molecular weight is 236 g/mol. The molecule has 0 unspecified atom stereocenters. The summed E-state index contributed by atoms with van der Waals surface area (Å²) >= 11 is 6.08. The summed E-state index contributed by atoms with van der Waals surface area (Å²) in [5.41, 5.74) is 3.30. The number of nitrogens with zero attached hydrogens (tertiary/aromatic N) is 2. The van der Waals surface area contributed by atoms with Crippen LogP contribution in [0.5, 0.6) is 0 Å². The van der Waals surface area contributed by atoms with Gasteiger partial charge in [0, 0.05) is 25.4 Å². The normalized spacial score (nSPS) is 10.4. The van der Waals surface area contributed by atoms with Crippen molar-refractivity contribution in [3.05, 3.63) is 46.7 Å². The zero-order valence-electron chi connectivity index (χ0n) is 9.37. The second-order valence-corrected chi connectivity index (χ2v) is 4.27. The van der Waals surface area contributed by atoms with E-state index in [-0.39, 0.29) is 0 Å². The van der Waals surface area contributed by atoms with Gasteiger partial charge < -0.3 is 5.32 Å². The Bertz CT molecular complexity index is 491. The van der Waals surface area contributed by atoms with Crippen LogP contribution in [0.2, 0.25) is 5.02 Å². The second kappa shape index (κ2) is 4.58. The van der Waals surface area contributed by atoms with Crippen LogP contribution in [0.4, 0.5) is 5.69 Å². The zero-order chi connectivity index (χ0) is 11.5. The fourth-order valence-corrected chi connectivity index (χ4v) is 1.72. The molecule has 0 amide bonds. The molecule has 4 heteroatoms. The third-order valence-corrected chi connectivity index (χ3v) is 2.69. The summed E-state index contributed by atoms with van der Waals surface area (Å²) in [7, 11) is 1.91. The highest BCUT2D eigenvalue weighted by molar-refractivity contribution is 6.33. The van der Waals surface area contributed by atoms with Crippen LogP contribution in [0.3, 0.4) is 0 Å². The molecule has 84 valence electrons. The summed E-state index contributed by atoms with van der Waals surface area (Å²) in [4.78, 5) is 0. The molecular formula is C12H14ClN3. The Morgan fingerprint density at radius 1 is 1.44 bits per heavy atom. The lowest BCUT2D eigenvalue weighted by atomic mass is 10.2. The number of nitrogens with one attached hydrogen (secondary N) is 1. The van der Waals surface area contributed by atoms with Crippen molar-refractivity contribution < 1.29 is 0 Å². The van der Waals surface area contributed by atoms with E-state index >= 15 is 0 Å². The van der Waals surface area contributed by atoms with E-state index in [0.29, 0.717) is 0 Å². The molecule has 0 aliphatic rings. The van der Waals surface area contributed by atoms with Crippen LogP contribution in [0.25, 0.3) is 0 Å². The van der Waals surface area contributed by atoms with Gasteiger partial charge in [0.2, 0.25) is 0 Å². The van der Waals surface area contributed by atoms with Gasteiger partial charge in [0.25, 0.3) is 0 Å². The molecule has 1 heterocycles. The quantitative estimate of drug-likeness (QED) is 0.887.